The molecular weight excluding hydrogens is 280 g/mol. The summed E-state index contributed by atoms with van der Waals surface area (Å²) in [7, 11) is 1.98. The summed E-state index contributed by atoms with van der Waals surface area (Å²) in [6, 6.07) is 6.00. The van der Waals surface area contributed by atoms with Gasteiger partial charge in [-0.1, -0.05) is 0 Å². The number of aromatic hydroxyl groups is 1. The monoisotopic (exact) mass is 296 g/mol. The zero-order valence-corrected chi connectivity index (χ0v) is 12.4. The Balaban J connectivity index is 2.09. The van der Waals surface area contributed by atoms with E-state index < -0.39 is 0 Å². The third-order valence-corrected chi connectivity index (χ3v) is 4.39. The largest absolute Gasteiger partial charge is 0.507 e. The first-order valence-electron chi connectivity index (χ1n) is 7.23. The minimum Gasteiger partial charge on any atom is -0.507 e. The second kappa shape index (κ2) is 4.40. The highest BCUT2D eigenvalue weighted by molar-refractivity contribution is 5.89. The van der Waals surface area contributed by atoms with Crippen LogP contribution in [0.1, 0.15) is 11.1 Å². The zero-order valence-electron chi connectivity index (χ0n) is 12.4. The predicted molar refractivity (Wildman–Crippen MR) is 84.6 cm³/mol. The van der Waals surface area contributed by atoms with Gasteiger partial charge >= 0.3 is 0 Å². The highest BCUT2D eigenvalue weighted by Gasteiger charge is 2.22. The maximum Gasteiger partial charge on any atom is 0.255 e. The third kappa shape index (κ3) is 1.68. The van der Waals surface area contributed by atoms with Crippen molar-refractivity contribution in [3.63, 3.8) is 0 Å². The van der Waals surface area contributed by atoms with Crippen LogP contribution in [0, 0.1) is 6.92 Å². The predicted octanol–water partition coefficient (Wildman–Crippen LogP) is 2.48. The SMILES string of the molecule is Cc1c(O)c2c([nH]c1=O)-c1cc3ccn(C)c3cc1OCC2. The molecule has 0 saturated carbocycles. The smallest absolute Gasteiger partial charge is 0.255 e. The Kier molecular flexibility index (Phi) is 2.60. The van der Waals surface area contributed by atoms with E-state index in [0.717, 1.165) is 27.8 Å². The van der Waals surface area contributed by atoms with E-state index in [1.807, 2.05) is 36.0 Å². The summed E-state index contributed by atoms with van der Waals surface area (Å²) in [6.07, 6.45) is 2.55. The normalized spacial score (nSPS) is 13.4. The maximum absolute atomic E-state index is 12.0. The van der Waals surface area contributed by atoms with Crippen molar-refractivity contribution in [1.82, 2.24) is 9.55 Å². The Morgan fingerprint density at radius 2 is 2.18 bits per heavy atom. The Labute approximate surface area is 126 Å². The number of hydrogen-bond donors (Lipinski definition) is 2. The minimum atomic E-state index is -0.266. The van der Waals surface area contributed by atoms with E-state index in [1.165, 1.54) is 0 Å². The number of rotatable bonds is 0. The van der Waals surface area contributed by atoms with Gasteiger partial charge in [0.2, 0.25) is 0 Å². The lowest BCUT2D eigenvalue weighted by molar-refractivity contribution is 0.324. The summed E-state index contributed by atoms with van der Waals surface area (Å²) in [6.45, 7) is 2.09. The molecule has 5 heteroatoms. The second-order valence-electron chi connectivity index (χ2n) is 5.71. The number of nitrogens with one attached hydrogen (secondary N) is 1. The van der Waals surface area contributed by atoms with E-state index in [-0.39, 0.29) is 11.3 Å². The number of H-pyrrole nitrogens is 1. The molecule has 3 aromatic rings. The van der Waals surface area contributed by atoms with Gasteiger partial charge in [0.05, 0.1) is 23.4 Å². The molecule has 112 valence electrons. The Bertz CT molecular complexity index is 966. The number of benzene rings is 1. The van der Waals surface area contributed by atoms with Crippen LogP contribution in [0.2, 0.25) is 0 Å². The summed E-state index contributed by atoms with van der Waals surface area (Å²) in [4.78, 5) is 14.9. The number of aromatic amines is 1. The van der Waals surface area contributed by atoms with E-state index >= 15 is 0 Å². The molecule has 1 aromatic carbocycles. The first kappa shape index (κ1) is 13.0. The van der Waals surface area contributed by atoms with Gasteiger partial charge < -0.3 is 19.4 Å². The molecule has 1 aliphatic rings. The van der Waals surface area contributed by atoms with Crippen LogP contribution in [-0.2, 0) is 13.5 Å². The number of ether oxygens (including phenoxy) is 1. The van der Waals surface area contributed by atoms with Gasteiger partial charge in [-0.3, -0.25) is 4.79 Å². The van der Waals surface area contributed by atoms with Crippen molar-refractivity contribution in [2.45, 2.75) is 13.3 Å². The molecule has 5 nitrogen and oxygen atoms in total. The molecular formula is C17H16N2O3. The maximum atomic E-state index is 12.0. The fourth-order valence-electron chi connectivity index (χ4n) is 3.08. The number of hydrogen-bond acceptors (Lipinski definition) is 3. The van der Waals surface area contributed by atoms with Gasteiger partial charge in [-0.2, -0.15) is 0 Å². The van der Waals surface area contributed by atoms with E-state index in [4.69, 9.17) is 4.74 Å². The van der Waals surface area contributed by atoms with Crippen molar-refractivity contribution < 1.29 is 9.84 Å². The molecule has 0 aliphatic carbocycles. The van der Waals surface area contributed by atoms with Crippen LogP contribution in [0.4, 0.5) is 0 Å². The summed E-state index contributed by atoms with van der Waals surface area (Å²) in [5, 5.41) is 11.4. The van der Waals surface area contributed by atoms with Crippen molar-refractivity contribution in [1.29, 1.82) is 0 Å². The van der Waals surface area contributed by atoms with E-state index in [9.17, 15) is 9.90 Å². The Morgan fingerprint density at radius 1 is 1.36 bits per heavy atom. The molecule has 22 heavy (non-hydrogen) atoms. The van der Waals surface area contributed by atoms with E-state index in [1.54, 1.807) is 6.92 Å². The summed E-state index contributed by atoms with van der Waals surface area (Å²) in [5.41, 5.74) is 3.37. The molecule has 0 saturated heterocycles. The Morgan fingerprint density at radius 3 is 3.00 bits per heavy atom. The number of nitrogens with zero attached hydrogens (tertiary/aromatic N) is 1. The van der Waals surface area contributed by atoms with Gasteiger partial charge in [0, 0.05) is 42.2 Å². The van der Waals surface area contributed by atoms with Crippen molar-refractivity contribution in [2.75, 3.05) is 6.61 Å². The molecule has 0 bridgehead atoms. The average molecular weight is 296 g/mol. The quantitative estimate of drug-likeness (QED) is 0.669. The summed E-state index contributed by atoms with van der Waals surface area (Å²) >= 11 is 0. The van der Waals surface area contributed by atoms with Crippen LogP contribution < -0.4 is 10.3 Å². The van der Waals surface area contributed by atoms with Gasteiger partial charge in [-0.05, 0) is 19.1 Å². The molecule has 2 N–H and O–H groups in total. The summed E-state index contributed by atoms with van der Waals surface area (Å²) < 4.78 is 7.88. The van der Waals surface area contributed by atoms with Crippen LogP contribution in [0.15, 0.2) is 29.2 Å². The van der Waals surface area contributed by atoms with Gasteiger partial charge in [0.1, 0.15) is 11.5 Å². The van der Waals surface area contributed by atoms with E-state index in [0.29, 0.717) is 24.3 Å². The molecule has 2 aromatic heterocycles. The van der Waals surface area contributed by atoms with Crippen LogP contribution in [0.3, 0.4) is 0 Å². The first-order chi connectivity index (χ1) is 10.6. The molecule has 3 heterocycles. The van der Waals surface area contributed by atoms with Crippen molar-refractivity contribution in [3.8, 4) is 22.8 Å². The first-order valence-corrected chi connectivity index (χ1v) is 7.23. The molecule has 0 fully saturated rings. The third-order valence-electron chi connectivity index (χ3n) is 4.39. The Hall–Kier alpha value is -2.69. The van der Waals surface area contributed by atoms with Crippen LogP contribution in [-0.4, -0.2) is 21.3 Å². The van der Waals surface area contributed by atoms with Gasteiger partial charge in [0.15, 0.2) is 0 Å². The lowest BCUT2D eigenvalue weighted by atomic mass is 10.00. The number of pyridine rings is 1. The molecule has 0 atom stereocenters. The molecule has 0 unspecified atom stereocenters. The highest BCUT2D eigenvalue weighted by atomic mass is 16.5. The van der Waals surface area contributed by atoms with Crippen molar-refractivity contribution >= 4 is 10.9 Å². The fraction of sp³-hybridized carbons (Fsp3) is 0.235. The topological polar surface area (TPSA) is 67.2 Å². The van der Waals surface area contributed by atoms with Crippen LogP contribution >= 0.6 is 0 Å². The number of aromatic nitrogens is 2. The molecule has 0 spiro atoms. The second-order valence-corrected chi connectivity index (χ2v) is 5.71. The lowest BCUT2D eigenvalue weighted by Crippen LogP contribution is -2.13. The lowest BCUT2D eigenvalue weighted by Gasteiger charge is -2.11. The average Bonchev–Trinajstić information content (AvgIpc) is 2.76. The minimum absolute atomic E-state index is 0.0726. The van der Waals surface area contributed by atoms with Crippen LogP contribution in [0.25, 0.3) is 22.2 Å². The molecule has 0 amide bonds. The molecule has 0 radical (unpaired) electrons. The number of aryl methyl sites for hydroxylation is 1. The zero-order chi connectivity index (χ0) is 15.4. The summed E-state index contributed by atoms with van der Waals surface area (Å²) in [5.74, 6) is 0.801. The van der Waals surface area contributed by atoms with Crippen molar-refractivity contribution in [3.05, 3.63) is 45.9 Å². The van der Waals surface area contributed by atoms with E-state index in [2.05, 4.69) is 4.98 Å². The fourth-order valence-corrected chi connectivity index (χ4v) is 3.08. The molecule has 1 aliphatic heterocycles. The number of fused-ring (bicyclic) bond motifs is 4. The highest BCUT2D eigenvalue weighted by Crippen LogP contribution is 2.39. The van der Waals surface area contributed by atoms with Gasteiger partial charge in [-0.25, -0.2) is 0 Å². The van der Waals surface area contributed by atoms with Gasteiger partial charge in [0.25, 0.3) is 5.56 Å². The van der Waals surface area contributed by atoms with Gasteiger partial charge in [-0.15, -0.1) is 0 Å². The van der Waals surface area contributed by atoms with Crippen LogP contribution in [0.5, 0.6) is 11.5 Å². The standard InChI is InChI=1S/C17H16N2O3/c1-9-16(20)11-4-6-22-14-8-13-10(3-5-19(13)2)7-12(14)15(11)18-17(9)21/h3,5,7-8H,4,6H2,1-2H3,(H2,18,20,21). The van der Waals surface area contributed by atoms with Crippen molar-refractivity contribution in [2.24, 2.45) is 7.05 Å². The molecule has 4 rings (SSSR count).